The van der Waals surface area contributed by atoms with Crippen molar-refractivity contribution in [3.05, 3.63) is 22.6 Å². The number of benzene rings is 1. The lowest BCUT2D eigenvalue weighted by molar-refractivity contribution is 0.315. The second kappa shape index (κ2) is 6.03. The molecule has 0 N–H and O–H groups in total. The highest BCUT2D eigenvalue weighted by Crippen LogP contribution is 2.44. The first-order valence-corrected chi connectivity index (χ1v) is 9.32. The molecule has 1 saturated carbocycles. The molecule has 1 saturated heterocycles. The Morgan fingerprint density at radius 2 is 2.08 bits per heavy atom. The SMILES string of the molecule is CCc1c(C)c(C#N)c2nc(C3CC3)oc2c1N1CCC(N(C)C)C1. The number of anilines is 1. The van der Waals surface area contributed by atoms with Crippen LogP contribution < -0.4 is 4.90 Å². The summed E-state index contributed by atoms with van der Waals surface area (Å²) in [6.07, 6.45) is 4.35. The second-order valence-electron chi connectivity index (χ2n) is 7.65. The molecule has 1 aliphatic carbocycles. The molecule has 0 spiro atoms. The van der Waals surface area contributed by atoms with Crippen LogP contribution in [0.1, 0.15) is 54.7 Å². The Labute approximate surface area is 149 Å². The number of rotatable bonds is 4. The van der Waals surface area contributed by atoms with Gasteiger partial charge < -0.3 is 14.2 Å². The zero-order valence-electron chi connectivity index (χ0n) is 15.6. The van der Waals surface area contributed by atoms with Gasteiger partial charge in [-0.25, -0.2) is 4.98 Å². The van der Waals surface area contributed by atoms with E-state index in [1.54, 1.807) is 0 Å². The van der Waals surface area contributed by atoms with Gasteiger partial charge in [-0.05, 0) is 57.8 Å². The van der Waals surface area contributed by atoms with Crippen LogP contribution in [0.5, 0.6) is 0 Å². The smallest absolute Gasteiger partial charge is 0.198 e. The summed E-state index contributed by atoms with van der Waals surface area (Å²) in [6, 6.07) is 2.94. The standard InChI is InChI=1S/C20H26N4O/c1-5-15-12(2)16(10-21)17-19(25-20(22-17)13-6-7-13)18(15)24-9-8-14(11-24)23(3)4/h13-14H,5-9,11H2,1-4H3. The highest BCUT2D eigenvalue weighted by Gasteiger charge is 2.34. The fourth-order valence-corrected chi connectivity index (χ4v) is 4.08. The normalized spacial score (nSPS) is 20.6. The van der Waals surface area contributed by atoms with Gasteiger partial charge in [0.1, 0.15) is 11.6 Å². The van der Waals surface area contributed by atoms with Crippen molar-refractivity contribution in [2.45, 2.75) is 51.5 Å². The first kappa shape index (κ1) is 16.4. The summed E-state index contributed by atoms with van der Waals surface area (Å²) in [6.45, 7) is 6.25. The summed E-state index contributed by atoms with van der Waals surface area (Å²) < 4.78 is 6.25. The number of hydrogen-bond acceptors (Lipinski definition) is 5. The molecular formula is C20H26N4O. The maximum absolute atomic E-state index is 9.72. The minimum Gasteiger partial charge on any atom is -0.438 e. The van der Waals surface area contributed by atoms with E-state index in [4.69, 9.17) is 9.40 Å². The van der Waals surface area contributed by atoms with E-state index in [1.165, 1.54) is 11.3 Å². The molecule has 4 rings (SSSR count). The molecular weight excluding hydrogens is 312 g/mol. The zero-order chi connectivity index (χ0) is 17.7. The van der Waals surface area contributed by atoms with Crippen LogP contribution in [-0.2, 0) is 6.42 Å². The van der Waals surface area contributed by atoms with Gasteiger partial charge in [-0.2, -0.15) is 5.26 Å². The Kier molecular flexibility index (Phi) is 3.96. The minimum atomic E-state index is 0.449. The Bertz CT molecular complexity index is 857. The topological polar surface area (TPSA) is 56.3 Å². The number of hydrogen-bond donors (Lipinski definition) is 0. The monoisotopic (exact) mass is 338 g/mol. The van der Waals surface area contributed by atoms with Crippen LogP contribution in [0.25, 0.3) is 11.1 Å². The van der Waals surface area contributed by atoms with Gasteiger partial charge in [-0.3, -0.25) is 0 Å². The molecule has 1 aliphatic heterocycles. The fourth-order valence-electron chi connectivity index (χ4n) is 4.08. The molecule has 5 nitrogen and oxygen atoms in total. The summed E-state index contributed by atoms with van der Waals surface area (Å²) in [5, 5.41) is 9.72. The van der Waals surface area contributed by atoms with Crippen molar-refractivity contribution in [2.75, 3.05) is 32.1 Å². The van der Waals surface area contributed by atoms with Gasteiger partial charge in [0.25, 0.3) is 0 Å². The molecule has 2 aromatic rings. The van der Waals surface area contributed by atoms with Crippen LogP contribution in [-0.4, -0.2) is 43.1 Å². The van der Waals surface area contributed by atoms with Gasteiger partial charge in [-0.1, -0.05) is 6.92 Å². The number of likely N-dealkylation sites (N-methyl/N-ethyl adjacent to an activating group) is 1. The highest BCUT2D eigenvalue weighted by molar-refractivity contribution is 5.95. The first-order chi connectivity index (χ1) is 12.0. The van der Waals surface area contributed by atoms with Crippen molar-refractivity contribution in [2.24, 2.45) is 0 Å². The van der Waals surface area contributed by atoms with Gasteiger partial charge in [-0.15, -0.1) is 0 Å². The van der Waals surface area contributed by atoms with E-state index < -0.39 is 0 Å². The van der Waals surface area contributed by atoms with Crippen molar-refractivity contribution in [3.8, 4) is 6.07 Å². The van der Waals surface area contributed by atoms with Gasteiger partial charge in [0.15, 0.2) is 11.5 Å². The summed E-state index contributed by atoms with van der Waals surface area (Å²) in [4.78, 5) is 9.49. The lowest BCUT2D eigenvalue weighted by Crippen LogP contribution is -2.32. The average molecular weight is 338 g/mol. The highest BCUT2D eigenvalue weighted by atomic mass is 16.4. The number of aromatic nitrogens is 1. The van der Waals surface area contributed by atoms with Crippen molar-refractivity contribution in [1.82, 2.24) is 9.88 Å². The molecule has 1 atom stereocenters. The Morgan fingerprint density at radius 1 is 1.32 bits per heavy atom. The zero-order valence-corrected chi connectivity index (χ0v) is 15.6. The van der Waals surface area contributed by atoms with Gasteiger partial charge in [0.05, 0.1) is 11.3 Å². The van der Waals surface area contributed by atoms with E-state index in [9.17, 15) is 5.26 Å². The predicted molar refractivity (Wildman–Crippen MR) is 99.1 cm³/mol. The first-order valence-electron chi connectivity index (χ1n) is 9.32. The van der Waals surface area contributed by atoms with E-state index in [-0.39, 0.29) is 0 Å². The van der Waals surface area contributed by atoms with Gasteiger partial charge >= 0.3 is 0 Å². The largest absolute Gasteiger partial charge is 0.438 e. The lowest BCUT2D eigenvalue weighted by Gasteiger charge is -2.25. The van der Waals surface area contributed by atoms with Crippen LogP contribution in [0, 0.1) is 18.3 Å². The molecule has 0 bridgehead atoms. The number of oxazole rings is 1. The van der Waals surface area contributed by atoms with E-state index in [2.05, 4.69) is 43.8 Å². The van der Waals surface area contributed by atoms with Crippen LogP contribution in [0.3, 0.4) is 0 Å². The third kappa shape index (κ3) is 2.60. The molecule has 25 heavy (non-hydrogen) atoms. The van der Waals surface area contributed by atoms with E-state index in [1.807, 2.05) is 0 Å². The van der Waals surface area contributed by atoms with Crippen LogP contribution >= 0.6 is 0 Å². The molecule has 1 unspecified atom stereocenters. The van der Waals surface area contributed by atoms with Crippen molar-refractivity contribution < 1.29 is 4.42 Å². The van der Waals surface area contributed by atoms with E-state index >= 15 is 0 Å². The third-order valence-electron chi connectivity index (χ3n) is 5.81. The van der Waals surface area contributed by atoms with E-state index in [0.717, 1.165) is 61.3 Å². The fraction of sp³-hybridized carbons (Fsp3) is 0.600. The summed E-state index contributed by atoms with van der Waals surface area (Å²) >= 11 is 0. The summed E-state index contributed by atoms with van der Waals surface area (Å²) in [5.74, 6) is 1.27. The van der Waals surface area contributed by atoms with Crippen molar-refractivity contribution in [3.63, 3.8) is 0 Å². The van der Waals surface area contributed by atoms with Gasteiger partial charge in [0, 0.05) is 25.0 Å². The third-order valence-corrected chi connectivity index (χ3v) is 5.81. The van der Waals surface area contributed by atoms with Crippen LogP contribution in [0.2, 0.25) is 0 Å². The predicted octanol–water partition coefficient (Wildman–Crippen LogP) is 3.59. The average Bonchev–Trinajstić information content (AvgIpc) is 3.16. The number of nitriles is 1. The Balaban J connectivity index is 1.91. The van der Waals surface area contributed by atoms with E-state index in [0.29, 0.717) is 17.5 Å². The molecule has 0 radical (unpaired) electrons. The lowest BCUT2D eigenvalue weighted by atomic mass is 9.96. The Morgan fingerprint density at radius 3 is 2.64 bits per heavy atom. The quantitative estimate of drug-likeness (QED) is 0.853. The minimum absolute atomic E-state index is 0.449. The Hall–Kier alpha value is -2.06. The molecule has 1 aromatic heterocycles. The summed E-state index contributed by atoms with van der Waals surface area (Å²) in [5.41, 5.74) is 5.77. The number of fused-ring (bicyclic) bond motifs is 1. The van der Waals surface area contributed by atoms with Crippen molar-refractivity contribution >= 4 is 16.8 Å². The molecule has 5 heteroatoms. The second-order valence-corrected chi connectivity index (χ2v) is 7.65. The van der Waals surface area contributed by atoms with Crippen LogP contribution in [0.15, 0.2) is 4.42 Å². The van der Waals surface area contributed by atoms with Gasteiger partial charge in [0.2, 0.25) is 0 Å². The molecule has 2 heterocycles. The van der Waals surface area contributed by atoms with Crippen molar-refractivity contribution in [1.29, 1.82) is 5.26 Å². The molecule has 2 aliphatic rings. The van der Waals surface area contributed by atoms with Crippen LogP contribution in [0.4, 0.5) is 5.69 Å². The molecule has 132 valence electrons. The molecule has 1 aromatic carbocycles. The molecule has 2 fully saturated rings. The maximum Gasteiger partial charge on any atom is 0.198 e. The summed E-state index contributed by atoms with van der Waals surface area (Å²) in [7, 11) is 4.29. The molecule has 0 amide bonds. The maximum atomic E-state index is 9.72. The number of nitrogens with zero attached hydrogens (tertiary/aromatic N) is 4.